The van der Waals surface area contributed by atoms with Gasteiger partial charge in [-0.2, -0.15) is 4.31 Å². The zero-order valence-electron chi connectivity index (χ0n) is 18.6. The monoisotopic (exact) mass is 480 g/mol. The molecule has 32 heavy (non-hydrogen) atoms. The number of carbonyl (C=O) groups is 1. The quantitative estimate of drug-likeness (QED) is 0.595. The van der Waals surface area contributed by atoms with Gasteiger partial charge in [0, 0.05) is 22.8 Å². The van der Waals surface area contributed by atoms with E-state index in [1.807, 2.05) is 6.92 Å². The number of aryl methyl sites for hydroxylation is 1. The Kier molecular flexibility index (Phi) is 8.03. The standard InChI is InChI=1S/C23H29ClN2O5S/c1-16-9-10-17(24)13-20(16)25-23(27)15-26(18-7-5-4-6-8-18)32(28,29)19-11-12-21(30-2)22(14-19)31-3/h9-14,18H,4-8,15H2,1-3H3,(H,25,27). The molecule has 9 heteroatoms. The fourth-order valence-corrected chi connectivity index (χ4v) is 5.78. The normalized spacial score (nSPS) is 14.9. The van der Waals surface area contributed by atoms with Crippen molar-refractivity contribution in [1.29, 1.82) is 0 Å². The Bertz CT molecular complexity index is 1070. The van der Waals surface area contributed by atoms with Gasteiger partial charge in [-0.25, -0.2) is 8.42 Å². The van der Waals surface area contributed by atoms with E-state index in [-0.39, 0.29) is 17.5 Å². The molecule has 0 unspecified atom stereocenters. The van der Waals surface area contributed by atoms with Crippen LogP contribution in [0.4, 0.5) is 5.69 Å². The molecular formula is C23H29ClN2O5S. The van der Waals surface area contributed by atoms with Crippen molar-refractivity contribution in [2.75, 3.05) is 26.1 Å². The third-order valence-electron chi connectivity index (χ3n) is 5.72. The Balaban J connectivity index is 1.91. The lowest BCUT2D eigenvalue weighted by molar-refractivity contribution is -0.116. The van der Waals surface area contributed by atoms with E-state index in [1.165, 1.54) is 30.7 Å². The van der Waals surface area contributed by atoms with E-state index in [1.54, 1.807) is 24.3 Å². The molecular weight excluding hydrogens is 452 g/mol. The minimum Gasteiger partial charge on any atom is -0.493 e. The van der Waals surface area contributed by atoms with Crippen LogP contribution in [0.3, 0.4) is 0 Å². The molecule has 0 radical (unpaired) electrons. The first-order valence-corrected chi connectivity index (χ1v) is 12.4. The molecule has 0 aromatic heterocycles. The first kappa shape index (κ1) is 24.4. The first-order valence-electron chi connectivity index (χ1n) is 10.6. The summed E-state index contributed by atoms with van der Waals surface area (Å²) in [5.41, 5.74) is 1.41. The molecule has 7 nitrogen and oxygen atoms in total. The number of halogens is 1. The van der Waals surface area contributed by atoms with Crippen molar-refractivity contribution in [3.63, 3.8) is 0 Å². The topological polar surface area (TPSA) is 84.9 Å². The number of hydrogen-bond donors (Lipinski definition) is 1. The number of nitrogens with one attached hydrogen (secondary N) is 1. The number of hydrogen-bond acceptors (Lipinski definition) is 5. The Labute approximate surface area is 194 Å². The van der Waals surface area contributed by atoms with Gasteiger partial charge in [-0.3, -0.25) is 4.79 Å². The van der Waals surface area contributed by atoms with Gasteiger partial charge < -0.3 is 14.8 Å². The summed E-state index contributed by atoms with van der Waals surface area (Å²) in [4.78, 5) is 13.0. The Hall–Kier alpha value is -2.29. The van der Waals surface area contributed by atoms with E-state index in [4.69, 9.17) is 21.1 Å². The van der Waals surface area contributed by atoms with Crippen LogP contribution in [0, 0.1) is 6.92 Å². The molecule has 0 atom stereocenters. The smallest absolute Gasteiger partial charge is 0.243 e. The zero-order chi connectivity index (χ0) is 23.3. The molecule has 2 aromatic rings. The number of anilines is 1. The van der Waals surface area contributed by atoms with Crippen LogP contribution >= 0.6 is 11.6 Å². The van der Waals surface area contributed by atoms with Gasteiger partial charge in [0.15, 0.2) is 11.5 Å². The van der Waals surface area contributed by atoms with Crippen LogP contribution in [0.25, 0.3) is 0 Å². The highest BCUT2D eigenvalue weighted by Crippen LogP contribution is 2.33. The molecule has 1 aliphatic rings. The number of sulfonamides is 1. The van der Waals surface area contributed by atoms with Crippen molar-refractivity contribution in [1.82, 2.24) is 4.31 Å². The second kappa shape index (κ2) is 10.6. The van der Waals surface area contributed by atoms with Gasteiger partial charge >= 0.3 is 0 Å². The Morgan fingerprint density at radius 2 is 1.75 bits per heavy atom. The van der Waals surface area contributed by atoms with Crippen LogP contribution in [0.15, 0.2) is 41.3 Å². The number of benzene rings is 2. The number of rotatable bonds is 8. The predicted molar refractivity (Wildman–Crippen MR) is 125 cm³/mol. The van der Waals surface area contributed by atoms with Crippen molar-refractivity contribution in [2.24, 2.45) is 0 Å². The highest BCUT2D eigenvalue weighted by atomic mass is 35.5. The van der Waals surface area contributed by atoms with Crippen LogP contribution in [-0.2, 0) is 14.8 Å². The largest absolute Gasteiger partial charge is 0.493 e. The van der Waals surface area contributed by atoms with Gasteiger partial charge in [0.2, 0.25) is 15.9 Å². The van der Waals surface area contributed by atoms with Crippen molar-refractivity contribution >= 4 is 33.2 Å². The summed E-state index contributed by atoms with van der Waals surface area (Å²) in [5.74, 6) is 0.339. The summed E-state index contributed by atoms with van der Waals surface area (Å²) in [7, 11) is -1.01. The average molecular weight is 481 g/mol. The van der Waals surface area contributed by atoms with Crippen molar-refractivity contribution in [3.05, 3.63) is 47.0 Å². The van der Waals surface area contributed by atoms with E-state index in [9.17, 15) is 13.2 Å². The molecule has 0 spiro atoms. The van der Waals surface area contributed by atoms with E-state index >= 15 is 0 Å². The molecule has 1 N–H and O–H groups in total. The second-order valence-corrected chi connectivity index (χ2v) is 10.2. The third-order valence-corrected chi connectivity index (χ3v) is 7.85. The molecule has 0 heterocycles. The molecule has 3 rings (SSSR count). The minimum atomic E-state index is -3.95. The number of carbonyl (C=O) groups excluding carboxylic acids is 1. The van der Waals surface area contributed by atoms with Gasteiger partial charge in [-0.15, -0.1) is 0 Å². The highest BCUT2D eigenvalue weighted by Gasteiger charge is 2.34. The molecule has 0 bridgehead atoms. The van der Waals surface area contributed by atoms with Gasteiger partial charge in [-0.1, -0.05) is 36.9 Å². The van der Waals surface area contributed by atoms with Gasteiger partial charge in [-0.05, 0) is 49.6 Å². The summed E-state index contributed by atoms with van der Waals surface area (Å²) >= 11 is 6.05. The second-order valence-electron chi connectivity index (χ2n) is 7.87. The lowest BCUT2D eigenvalue weighted by Gasteiger charge is -2.33. The van der Waals surface area contributed by atoms with Crippen LogP contribution in [0.1, 0.15) is 37.7 Å². The van der Waals surface area contributed by atoms with Gasteiger partial charge in [0.25, 0.3) is 0 Å². The van der Waals surface area contributed by atoms with Crippen molar-refractivity contribution < 1.29 is 22.7 Å². The van der Waals surface area contributed by atoms with E-state index in [0.717, 1.165) is 37.7 Å². The summed E-state index contributed by atoms with van der Waals surface area (Å²) in [6.07, 6.45) is 4.36. The predicted octanol–water partition coefficient (Wildman–Crippen LogP) is 4.63. The molecule has 2 aromatic carbocycles. The van der Waals surface area contributed by atoms with Crippen molar-refractivity contribution in [3.8, 4) is 11.5 Å². The van der Waals surface area contributed by atoms with E-state index < -0.39 is 15.9 Å². The molecule has 174 valence electrons. The molecule has 1 aliphatic carbocycles. The van der Waals surface area contributed by atoms with Gasteiger partial charge in [0.05, 0.1) is 25.7 Å². The minimum absolute atomic E-state index is 0.0625. The van der Waals surface area contributed by atoms with Crippen LogP contribution in [0.5, 0.6) is 11.5 Å². The Morgan fingerprint density at radius 1 is 1.06 bits per heavy atom. The SMILES string of the molecule is COc1ccc(S(=O)(=O)N(CC(=O)Nc2cc(Cl)ccc2C)C2CCCCC2)cc1OC. The van der Waals surface area contributed by atoms with Gasteiger partial charge in [0.1, 0.15) is 0 Å². The fraction of sp³-hybridized carbons (Fsp3) is 0.435. The highest BCUT2D eigenvalue weighted by molar-refractivity contribution is 7.89. The molecule has 0 aliphatic heterocycles. The maximum absolute atomic E-state index is 13.6. The average Bonchev–Trinajstić information content (AvgIpc) is 2.79. The Morgan fingerprint density at radius 3 is 2.41 bits per heavy atom. The summed E-state index contributed by atoms with van der Waals surface area (Å²) < 4.78 is 39.1. The lowest BCUT2D eigenvalue weighted by Crippen LogP contribution is -2.45. The molecule has 0 saturated heterocycles. The zero-order valence-corrected chi connectivity index (χ0v) is 20.1. The van der Waals surface area contributed by atoms with Crippen LogP contribution in [0.2, 0.25) is 5.02 Å². The van der Waals surface area contributed by atoms with Crippen LogP contribution in [-0.4, -0.2) is 45.4 Å². The number of methoxy groups -OCH3 is 2. The molecule has 1 fully saturated rings. The number of ether oxygens (including phenoxy) is 2. The summed E-state index contributed by atoms with van der Waals surface area (Å²) in [5, 5.41) is 3.30. The number of amides is 1. The van der Waals surface area contributed by atoms with Crippen molar-refractivity contribution in [2.45, 2.75) is 50.0 Å². The maximum Gasteiger partial charge on any atom is 0.243 e. The van der Waals surface area contributed by atoms with Crippen LogP contribution < -0.4 is 14.8 Å². The lowest BCUT2D eigenvalue weighted by atomic mass is 9.95. The van der Waals surface area contributed by atoms with E-state index in [2.05, 4.69) is 5.32 Å². The van der Waals surface area contributed by atoms with E-state index in [0.29, 0.717) is 22.2 Å². The number of nitrogens with zero attached hydrogens (tertiary/aromatic N) is 1. The third kappa shape index (κ3) is 5.54. The summed E-state index contributed by atoms with van der Waals surface area (Å²) in [6.45, 7) is 1.57. The fourth-order valence-electron chi connectivity index (χ4n) is 3.95. The summed E-state index contributed by atoms with van der Waals surface area (Å²) in [6, 6.07) is 9.42. The first-order chi connectivity index (χ1) is 15.3. The molecule has 1 saturated carbocycles. The maximum atomic E-state index is 13.6. The molecule has 1 amide bonds.